The number of aromatic nitrogens is 3. The topological polar surface area (TPSA) is 106 Å². The number of aromatic amines is 1. The normalized spacial score (nSPS) is 13.1. The van der Waals surface area contributed by atoms with Crippen molar-refractivity contribution < 1.29 is 40.9 Å². The maximum atomic E-state index is 12.9. The van der Waals surface area contributed by atoms with Gasteiger partial charge in [0.1, 0.15) is 21.4 Å². The van der Waals surface area contributed by atoms with Gasteiger partial charge < -0.3 is 14.6 Å². The van der Waals surface area contributed by atoms with Crippen molar-refractivity contribution in [2.75, 3.05) is 0 Å². The van der Waals surface area contributed by atoms with E-state index in [1.165, 1.54) is 31.3 Å². The second kappa shape index (κ2) is 9.96. The van der Waals surface area contributed by atoms with Crippen LogP contribution >= 0.6 is 22.9 Å². The van der Waals surface area contributed by atoms with Crippen LogP contribution < -0.4 is 20.7 Å². The molecular weight excluding hydrogens is 568 g/mol. The third kappa shape index (κ3) is 5.79. The Hall–Kier alpha value is -3.56. The van der Waals surface area contributed by atoms with Crippen LogP contribution in [0.25, 0.3) is 20.7 Å². The lowest BCUT2D eigenvalue weighted by Gasteiger charge is -2.15. The molecular formula is C22H14ClF6N3O5S. The molecule has 0 saturated heterocycles. The van der Waals surface area contributed by atoms with E-state index >= 15 is 0 Å². The standard InChI is InChI=1S/C22H14ClF6N3O5S/c1-9-15-17(34)31-20(35)32(8-14(33)21(24,25)26)19(15)38-16(9)10-6-13(23)18(30-7-10)36-11-2-4-12(5-3-11)37-22(27,28)29/h2-7,14,33H,8H2,1H3,(H,31,34,35). The number of aryl methyl sites for hydroxylation is 1. The van der Waals surface area contributed by atoms with Crippen LogP contribution in [0, 0.1) is 6.92 Å². The summed E-state index contributed by atoms with van der Waals surface area (Å²) in [6, 6.07) is 5.84. The van der Waals surface area contributed by atoms with Gasteiger partial charge in [-0.3, -0.25) is 14.3 Å². The van der Waals surface area contributed by atoms with Crippen LogP contribution in [0.15, 0.2) is 46.1 Å². The van der Waals surface area contributed by atoms with E-state index in [-0.39, 0.29) is 26.9 Å². The predicted octanol–water partition coefficient (Wildman–Crippen LogP) is 5.39. The molecule has 16 heteroatoms. The second-order valence-corrected chi connectivity index (χ2v) is 9.20. The van der Waals surface area contributed by atoms with E-state index < -0.39 is 42.2 Å². The van der Waals surface area contributed by atoms with Crippen molar-refractivity contribution in [3.63, 3.8) is 0 Å². The first-order valence-corrected chi connectivity index (χ1v) is 11.5. The highest BCUT2D eigenvalue weighted by atomic mass is 35.5. The summed E-state index contributed by atoms with van der Waals surface area (Å²) in [4.78, 5) is 31.0. The van der Waals surface area contributed by atoms with E-state index in [9.17, 15) is 41.0 Å². The minimum atomic E-state index is -4.99. The highest BCUT2D eigenvalue weighted by Crippen LogP contribution is 2.39. The number of nitrogens with one attached hydrogen (secondary N) is 1. The molecule has 0 spiro atoms. The Morgan fingerprint density at radius 1 is 1.13 bits per heavy atom. The van der Waals surface area contributed by atoms with Crippen LogP contribution in [0.2, 0.25) is 5.02 Å². The molecule has 0 amide bonds. The van der Waals surface area contributed by atoms with Crippen LogP contribution in [0.1, 0.15) is 5.56 Å². The number of fused-ring (bicyclic) bond motifs is 1. The maximum absolute atomic E-state index is 12.9. The van der Waals surface area contributed by atoms with Gasteiger partial charge in [0.15, 0.2) is 6.10 Å². The number of hydrogen-bond donors (Lipinski definition) is 2. The second-order valence-electron chi connectivity index (χ2n) is 7.80. The number of benzene rings is 1. The number of thiophene rings is 1. The molecule has 3 heterocycles. The van der Waals surface area contributed by atoms with Crippen LogP contribution in [-0.4, -0.2) is 38.3 Å². The Kier molecular flexibility index (Phi) is 7.20. The van der Waals surface area contributed by atoms with Crippen LogP contribution in [-0.2, 0) is 6.54 Å². The van der Waals surface area contributed by atoms with Gasteiger partial charge in [0, 0.05) is 16.6 Å². The zero-order chi connectivity index (χ0) is 28.0. The zero-order valence-electron chi connectivity index (χ0n) is 18.8. The van der Waals surface area contributed by atoms with Gasteiger partial charge >= 0.3 is 18.2 Å². The Bertz CT molecular complexity index is 1610. The minimum absolute atomic E-state index is 0.0335. The number of aliphatic hydroxyl groups excluding tert-OH is 1. The molecule has 0 saturated carbocycles. The maximum Gasteiger partial charge on any atom is 0.573 e. The number of H-pyrrole nitrogens is 1. The van der Waals surface area contributed by atoms with Gasteiger partial charge in [-0.15, -0.1) is 24.5 Å². The van der Waals surface area contributed by atoms with E-state index in [4.69, 9.17) is 16.3 Å². The molecule has 2 N–H and O–H groups in total. The van der Waals surface area contributed by atoms with Crippen LogP contribution in [0.5, 0.6) is 17.4 Å². The summed E-state index contributed by atoms with van der Waals surface area (Å²) < 4.78 is 85.5. The van der Waals surface area contributed by atoms with Gasteiger partial charge in [0.25, 0.3) is 5.56 Å². The molecule has 1 atom stereocenters. The Morgan fingerprint density at radius 2 is 1.76 bits per heavy atom. The number of ether oxygens (including phenoxy) is 2. The third-order valence-electron chi connectivity index (χ3n) is 5.14. The van der Waals surface area contributed by atoms with Crippen molar-refractivity contribution in [3.05, 3.63) is 68.0 Å². The molecule has 0 aliphatic heterocycles. The summed E-state index contributed by atoms with van der Waals surface area (Å²) in [5, 5.41) is 9.39. The fourth-order valence-electron chi connectivity index (χ4n) is 3.44. The van der Waals surface area contributed by atoms with Gasteiger partial charge in [-0.25, -0.2) is 9.78 Å². The fraction of sp³-hybridized carbons (Fsp3) is 0.227. The number of hydrogen-bond acceptors (Lipinski definition) is 7. The van der Waals surface area contributed by atoms with E-state index in [1.54, 1.807) is 0 Å². The highest BCUT2D eigenvalue weighted by Gasteiger charge is 2.39. The summed E-state index contributed by atoms with van der Waals surface area (Å²) in [7, 11) is 0. The first kappa shape index (κ1) is 27.5. The molecule has 202 valence electrons. The number of nitrogens with zero attached hydrogens (tertiary/aromatic N) is 2. The summed E-state index contributed by atoms with van der Waals surface area (Å²) in [6.45, 7) is 0.384. The number of aliphatic hydroxyl groups is 1. The molecule has 8 nitrogen and oxygen atoms in total. The third-order valence-corrected chi connectivity index (χ3v) is 6.78. The van der Waals surface area contributed by atoms with Gasteiger partial charge in [-0.1, -0.05) is 11.6 Å². The van der Waals surface area contributed by atoms with Gasteiger partial charge in [0.05, 0.1) is 11.9 Å². The SMILES string of the molecule is Cc1c(-c2cnc(Oc3ccc(OC(F)(F)F)cc3)c(Cl)c2)sc2c1c(=O)[nH]c(=O)n2CC(O)C(F)(F)F. The summed E-state index contributed by atoms with van der Waals surface area (Å²) in [5.74, 6) is -0.476. The molecule has 3 aromatic heterocycles. The average Bonchev–Trinajstić information content (AvgIpc) is 3.15. The van der Waals surface area contributed by atoms with Crippen molar-refractivity contribution in [3.8, 4) is 27.8 Å². The van der Waals surface area contributed by atoms with Crippen molar-refractivity contribution in [2.24, 2.45) is 0 Å². The number of alkyl halides is 6. The van der Waals surface area contributed by atoms with Crippen molar-refractivity contribution in [2.45, 2.75) is 32.1 Å². The van der Waals surface area contributed by atoms with Crippen LogP contribution in [0.3, 0.4) is 0 Å². The number of rotatable bonds is 6. The largest absolute Gasteiger partial charge is 0.573 e. The molecule has 1 aromatic carbocycles. The molecule has 38 heavy (non-hydrogen) atoms. The molecule has 4 aromatic rings. The summed E-state index contributed by atoms with van der Waals surface area (Å²) >= 11 is 7.10. The molecule has 0 aliphatic rings. The number of pyridine rings is 1. The monoisotopic (exact) mass is 581 g/mol. The average molecular weight is 582 g/mol. The lowest BCUT2D eigenvalue weighted by atomic mass is 10.1. The van der Waals surface area contributed by atoms with Gasteiger partial charge in [0.2, 0.25) is 5.88 Å². The Morgan fingerprint density at radius 3 is 2.34 bits per heavy atom. The van der Waals surface area contributed by atoms with E-state index in [0.717, 1.165) is 23.5 Å². The molecule has 0 bridgehead atoms. The van der Waals surface area contributed by atoms with Crippen molar-refractivity contribution >= 4 is 33.2 Å². The molecule has 4 rings (SSSR count). The summed E-state index contributed by atoms with van der Waals surface area (Å²) in [6.07, 6.45) is -11.4. The summed E-state index contributed by atoms with van der Waals surface area (Å²) in [5.41, 5.74) is -1.28. The molecule has 0 radical (unpaired) electrons. The van der Waals surface area contributed by atoms with Crippen molar-refractivity contribution in [1.82, 2.24) is 14.5 Å². The number of halogens is 7. The molecule has 0 aliphatic carbocycles. The lowest BCUT2D eigenvalue weighted by Crippen LogP contribution is -2.38. The van der Waals surface area contributed by atoms with Crippen LogP contribution in [0.4, 0.5) is 26.3 Å². The van der Waals surface area contributed by atoms with Gasteiger partial charge in [-0.2, -0.15) is 13.2 Å². The fourth-order valence-corrected chi connectivity index (χ4v) is 4.94. The quantitative estimate of drug-likeness (QED) is 0.296. The van der Waals surface area contributed by atoms with Gasteiger partial charge in [-0.05, 0) is 42.8 Å². The highest BCUT2D eigenvalue weighted by molar-refractivity contribution is 7.22. The van der Waals surface area contributed by atoms with E-state index in [1.807, 2.05) is 4.98 Å². The smallest absolute Gasteiger partial charge is 0.438 e. The van der Waals surface area contributed by atoms with E-state index in [2.05, 4.69) is 9.72 Å². The van der Waals surface area contributed by atoms with Crippen molar-refractivity contribution in [1.29, 1.82) is 0 Å². The first-order valence-electron chi connectivity index (χ1n) is 10.3. The molecule has 0 fully saturated rings. The minimum Gasteiger partial charge on any atom is -0.438 e. The lowest BCUT2D eigenvalue weighted by molar-refractivity contribution is -0.274. The van der Waals surface area contributed by atoms with E-state index in [0.29, 0.717) is 20.6 Å². The first-order chi connectivity index (χ1) is 17.6. The Labute approximate surface area is 216 Å². The molecule has 1 unspecified atom stereocenters. The zero-order valence-corrected chi connectivity index (χ0v) is 20.3. The Balaban J connectivity index is 1.67. The predicted molar refractivity (Wildman–Crippen MR) is 125 cm³/mol.